The number of aldehydes is 1. The second kappa shape index (κ2) is 49.8. The molecular formula is C111H178ClIK2N2O10. The predicted octanol–water partition coefficient (Wildman–Crippen LogP) is 19.8. The topological polar surface area (TPSA) is 220 Å². The monoisotopic (exact) mass is 1940 g/mol. The van der Waals surface area contributed by atoms with Crippen LogP contribution in [0.15, 0.2) is 91.0 Å². The van der Waals surface area contributed by atoms with Crippen molar-refractivity contribution < 1.29 is 154 Å². The Bertz CT molecular complexity index is 3810. The predicted molar refractivity (Wildman–Crippen MR) is 522 cm³/mol. The van der Waals surface area contributed by atoms with E-state index in [1.807, 2.05) is 48.3 Å². The van der Waals surface area contributed by atoms with Crippen LogP contribution in [0, 0.1) is 164 Å². The minimum atomic E-state index is -0.418. The van der Waals surface area contributed by atoms with Crippen LogP contribution >= 0.6 is 34.2 Å². The van der Waals surface area contributed by atoms with Gasteiger partial charge in [0, 0.05) is 30.0 Å². The van der Waals surface area contributed by atoms with E-state index in [2.05, 4.69) is 112 Å². The molecule has 127 heavy (non-hydrogen) atoms. The van der Waals surface area contributed by atoms with E-state index in [4.69, 9.17) is 27.4 Å². The maximum absolute atomic E-state index is 12.8. The number of hydrogen-bond acceptors (Lipinski definition) is 12. The number of nitrogens with one attached hydrogen (secondary N) is 1. The molecule has 16 fully saturated rings. The van der Waals surface area contributed by atoms with Gasteiger partial charge in [0.2, 0.25) is 0 Å². The van der Waals surface area contributed by atoms with Crippen LogP contribution in [0.5, 0.6) is 0 Å². The van der Waals surface area contributed by atoms with E-state index < -0.39 is 22.0 Å². The maximum atomic E-state index is 12.8. The standard InChI is InChI=1S/C29H42O2.C28H43NO.C21H37NO.C21H34O2.C7H5ClO.CH3I.CH2O3.3CH4.2K.H/c1-28(31)17-15-23-21(19-28)11-13-25-24(23)16-18-29(2)22(9-6-10-26(25)29)12-14-27(30)20-7-4-3-5-8-20;1-27(30)15-13-23-21(17-27)11-12-25-24(23)14-16-28(2)22(9-6-10-26(25)28)19-29-18-20-7-4-3-5-8-20;2*1-20(23)10-8-16-14(12-20)6-7-18-17(16)9-11-21(2)15(13-22)4-3-5-19(18)21;8-7(9)6-4-2-1-3-5-6;1-2;2-1-4-3;;;;;;/h3-5,7-8,21-26,31H,6,9-19H2,1-2H3;3-5,7-8,21-26,29-30H,6,9-19H2,1-2H3;14-19,23H,3-13,22H2,1-2H3;13-19,23H,3-12H2,1-2H3;1-5H;1H3;1,3H;3*1H4;;;/q;;;;;;;;;;2*+1;-1/p-1/t21-,22-,23+,24-,25-,26+,28-,29-;21-,22-,23+,24-,25-,26+,27-,28-;2*14-,15-,16+,17-,18-,19+,20-,21-;;;;;;;;;/m1111........./s1. The molecule has 7 N–H and O–H groups in total. The molecule has 16 aliphatic rings. The Kier molecular flexibility index (Phi) is 44.1. The van der Waals surface area contributed by atoms with Gasteiger partial charge in [-0.05, 0) is 458 Å². The van der Waals surface area contributed by atoms with Gasteiger partial charge in [-0.1, -0.05) is 189 Å². The van der Waals surface area contributed by atoms with Crippen molar-refractivity contribution in [1.29, 1.82) is 0 Å². The summed E-state index contributed by atoms with van der Waals surface area (Å²) in [7, 11) is 0. The minimum absolute atomic E-state index is 0. The van der Waals surface area contributed by atoms with Gasteiger partial charge >= 0.3 is 103 Å². The number of ketones is 1. The van der Waals surface area contributed by atoms with Crippen LogP contribution in [-0.2, 0) is 21.0 Å². The third-order valence-electron chi connectivity index (χ3n) is 39.4. The molecule has 0 radical (unpaired) electrons. The summed E-state index contributed by atoms with van der Waals surface area (Å²) < 4.78 is 0. The maximum Gasteiger partial charge on any atom is 1.00 e. The number of alkyl halides is 1. The third-order valence-corrected chi connectivity index (χ3v) is 39.7. The number of hydrogen-bond donors (Lipinski definition) is 6. The van der Waals surface area contributed by atoms with Crippen LogP contribution < -0.4 is 119 Å². The molecule has 0 heterocycles. The number of fused-ring (bicyclic) bond motifs is 20. The van der Waals surface area contributed by atoms with Crippen molar-refractivity contribution in [2.45, 2.75) is 376 Å². The van der Waals surface area contributed by atoms with Gasteiger partial charge in [-0.3, -0.25) is 14.4 Å². The zero-order valence-electron chi connectivity index (χ0n) is 80.1. The van der Waals surface area contributed by atoms with Crippen molar-refractivity contribution >= 4 is 58.0 Å². The van der Waals surface area contributed by atoms with Crippen LogP contribution in [0.3, 0.4) is 0 Å². The fourth-order valence-electron chi connectivity index (χ4n) is 33.6. The quantitative estimate of drug-likeness (QED) is 0.0146. The van der Waals surface area contributed by atoms with Gasteiger partial charge in [-0.25, -0.2) is 0 Å². The molecule has 16 saturated carbocycles. The average molecular weight is 1940 g/mol. The Morgan fingerprint density at radius 1 is 0.425 bits per heavy atom. The molecule has 0 saturated heterocycles. The van der Waals surface area contributed by atoms with Crippen LogP contribution in [-0.4, -0.2) is 84.6 Å². The van der Waals surface area contributed by atoms with Crippen LogP contribution in [0.1, 0.15) is 375 Å². The van der Waals surface area contributed by atoms with Gasteiger partial charge in [0.25, 0.3) is 11.7 Å². The molecule has 708 valence electrons. The Labute approximate surface area is 878 Å². The minimum Gasteiger partial charge on any atom is -1.00 e. The van der Waals surface area contributed by atoms with Crippen molar-refractivity contribution in [2.75, 3.05) is 18.0 Å². The molecule has 0 amide bonds. The van der Waals surface area contributed by atoms with Crippen molar-refractivity contribution in [1.82, 2.24) is 5.32 Å². The average Bonchev–Trinajstić information content (AvgIpc) is 0.749. The SMILES string of the molecule is C.C.C.CI.C[C@@]1(O)CC[C@H]2[C@H](CC[C@@H]3[C@@H]2CC[C@]2(C)[C@@H](C=O)CCC[C@@H]32)C1.C[C@@]1(O)CC[C@H]2[C@H](CC[C@@H]3[C@@H]2CC[C@]2(C)[C@@H](CCC(=O)c4ccccc4)CCC[C@@H]32)C1.C[C@@]1(O)CC[C@H]2[C@H](CC[C@@H]3[C@@H]2CC[C@]2(C)[C@@H](CN)CCC[C@@H]32)C1.C[C@@]1(O)CC[C@H]2[C@H](CC[C@@H]3[C@@H]2CC[C@]2(C)[C@@H](CNCc4ccccc4)CCC[C@@H]32)C1.O=C(Cl)c1ccccc1.O=CO[O-].[H-].[K+].[K+]. The Hall–Kier alpha value is 0.153. The first-order chi connectivity index (χ1) is 58.4. The van der Waals surface area contributed by atoms with Crippen LogP contribution in [0.25, 0.3) is 0 Å². The summed E-state index contributed by atoms with van der Waals surface area (Å²) in [4.78, 5) is 48.1. The zero-order valence-corrected chi connectivity index (χ0v) is 88.2. The number of carbonyl (C=O) groups is 4. The fraction of sp³-hybridized carbons (Fsp3) is 0.802. The second-order valence-electron chi connectivity index (χ2n) is 45.9. The molecule has 16 aliphatic carbocycles. The molecule has 19 rings (SSSR count). The van der Waals surface area contributed by atoms with E-state index in [0.29, 0.717) is 45.8 Å². The van der Waals surface area contributed by atoms with Crippen LogP contribution in [0.2, 0.25) is 0 Å². The third kappa shape index (κ3) is 26.3. The van der Waals surface area contributed by atoms with Gasteiger partial charge in [0.05, 0.1) is 22.4 Å². The number of nitrogens with two attached hydrogens (primary N) is 1. The summed E-state index contributed by atoms with van der Waals surface area (Å²) in [6.07, 6.45) is 54.9. The molecule has 0 aliphatic heterocycles. The van der Waals surface area contributed by atoms with Gasteiger partial charge in [0.1, 0.15) is 6.29 Å². The summed E-state index contributed by atoms with van der Waals surface area (Å²) >= 11 is 7.31. The first-order valence-corrected chi connectivity index (χ1v) is 52.7. The zero-order chi connectivity index (χ0) is 87.0. The van der Waals surface area contributed by atoms with E-state index in [-0.39, 0.29) is 144 Å². The summed E-state index contributed by atoms with van der Waals surface area (Å²) in [5.74, 6) is 20.5. The first kappa shape index (κ1) is 112. The first-order valence-electron chi connectivity index (χ1n) is 50.2. The number of rotatable bonds is 12. The molecular weight excluding hydrogens is 1760 g/mol. The molecule has 32 atom stereocenters. The fourth-order valence-corrected chi connectivity index (χ4v) is 33.7. The van der Waals surface area contributed by atoms with Gasteiger partial charge < -0.3 is 47.8 Å². The molecule has 3 aromatic carbocycles. The number of benzene rings is 3. The summed E-state index contributed by atoms with van der Waals surface area (Å²) in [5, 5.41) is 54.1. The summed E-state index contributed by atoms with van der Waals surface area (Å²) in [6.45, 7) is 21.5. The van der Waals surface area contributed by atoms with Crippen molar-refractivity contribution in [3.63, 3.8) is 0 Å². The normalized spacial score (nSPS) is 42.9. The van der Waals surface area contributed by atoms with E-state index >= 15 is 0 Å². The van der Waals surface area contributed by atoms with Crippen molar-refractivity contribution in [2.24, 2.45) is 169 Å². The molecule has 3 aromatic rings. The molecule has 0 bridgehead atoms. The van der Waals surface area contributed by atoms with Gasteiger partial charge in [0.15, 0.2) is 5.78 Å². The summed E-state index contributed by atoms with van der Waals surface area (Å²) in [6, 6.07) is 29.5. The molecule has 16 heteroatoms. The van der Waals surface area contributed by atoms with E-state index in [1.165, 1.54) is 217 Å². The van der Waals surface area contributed by atoms with E-state index in [0.717, 1.165) is 213 Å². The largest absolute Gasteiger partial charge is 1.00 e. The summed E-state index contributed by atoms with van der Waals surface area (Å²) in [5.41, 5.74) is 9.19. The van der Waals surface area contributed by atoms with Crippen LogP contribution in [0.4, 0.5) is 0 Å². The van der Waals surface area contributed by atoms with Crippen molar-refractivity contribution in [3.05, 3.63) is 108 Å². The number of halogens is 2. The second-order valence-corrected chi connectivity index (χ2v) is 46.3. The molecule has 0 aromatic heterocycles. The van der Waals surface area contributed by atoms with Crippen molar-refractivity contribution in [3.8, 4) is 0 Å². The Balaban J connectivity index is 0.000000220. The Morgan fingerprint density at radius 3 is 1.08 bits per heavy atom. The number of aliphatic hydroxyl groups is 4. The smallest absolute Gasteiger partial charge is 1.00 e. The molecule has 12 nitrogen and oxygen atoms in total. The Morgan fingerprint density at radius 2 is 0.732 bits per heavy atom. The van der Waals surface area contributed by atoms with E-state index in [1.54, 1.807) is 24.3 Å². The molecule has 0 spiro atoms. The van der Waals surface area contributed by atoms with Gasteiger partial charge in [-0.2, -0.15) is 0 Å². The number of carbonyl (C=O) groups excluding carboxylic acids is 4. The van der Waals surface area contributed by atoms with E-state index in [9.17, 15) is 34.8 Å². The van der Waals surface area contributed by atoms with Gasteiger partial charge in [-0.15, -0.1) is 0 Å². The number of Topliss-reactive ketones (excluding diaryl/α,β-unsaturated/α-hetero) is 1. The molecule has 0 unspecified atom stereocenters.